The van der Waals surface area contributed by atoms with E-state index in [4.69, 9.17) is 38.8 Å². The summed E-state index contributed by atoms with van der Waals surface area (Å²) in [5.74, 6) is -0.770. The molecule has 2 amide bonds. The Morgan fingerprint density at radius 3 is 2.44 bits per heavy atom. The Balaban J connectivity index is 1.08. The number of likely N-dealkylation sites (tertiary alicyclic amines) is 1. The molecular weight excluding hydrogens is 898 g/mol. The van der Waals surface area contributed by atoms with Gasteiger partial charge in [-0.3, -0.25) is 4.79 Å². The van der Waals surface area contributed by atoms with Gasteiger partial charge in [0.1, 0.15) is 41.5 Å². The Bertz CT molecular complexity index is 2900. The summed E-state index contributed by atoms with van der Waals surface area (Å²) in [4.78, 5) is 55.5. The van der Waals surface area contributed by atoms with Gasteiger partial charge in [-0.05, 0) is 119 Å². The number of aromatic nitrogens is 4. The molecule has 0 radical (unpaired) electrons. The SMILES string of the molecule is Cc1c(F)cc2c(cnn2C2CCCCO2)c1-c1c(C2CC2)cc2c(N3C[C@@H]4C[C@H]3CN4C(=O)OC(C)(C)C)nc(OC3CCOCC3)nc2c1OCc1ccc2c(c1)CN([C@H](C(=O)O)C(C)C)C2=O. The predicted octanol–water partition coefficient (Wildman–Crippen LogP) is 9.07. The first-order valence-corrected chi connectivity index (χ1v) is 25.1. The molecule has 17 heteroatoms. The fourth-order valence-corrected chi connectivity index (χ4v) is 11.4. The number of halogens is 1. The van der Waals surface area contributed by atoms with Gasteiger partial charge in [0.25, 0.3) is 5.91 Å². The fourth-order valence-electron chi connectivity index (χ4n) is 11.4. The van der Waals surface area contributed by atoms with Crippen molar-refractivity contribution in [1.29, 1.82) is 0 Å². The number of carboxylic acid groups (broad SMARTS) is 1. The molecule has 2 bridgehead atoms. The molecule has 5 aromatic rings. The second-order valence-electron chi connectivity index (χ2n) is 21.4. The van der Waals surface area contributed by atoms with E-state index in [1.165, 1.54) is 4.90 Å². The van der Waals surface area contributed by atoms with Crippen molar-refractivity contribution in [2.75, 3.05) is 37.8 Å². The van der Waals surface area contributed by atoms with E-state index in [0.29, 0.717) is 85.0 Å². The first-order valence-electron chi connectivity index (χ1n) is 25.1. The van der Waals surface area contributed by atoms with Gasteiger partial charge in [0, 0.05) is 72.6 Å². The van der Waals surface area contributed by atoms with E-state index in [9.17, 15) is 19.5 Å². The molecule has 1 unspecified atom stereocenters. The molecule has 1 saturated carbocycles. The number of hydrogen-bond acceptors (Lipinski definition) is 12. The topological polar surface area (TPSA) is 171 Å². The van der Waals surface area contributed by atoms with Gasteiger partial charge in [-0.25, -0.2) is 18.7 Å². The van der Waals surface area contributed by atoms with Crippen LogP contribution in [0.25, 0.3) is 32.9 Å². The number of nitrogens with zero attached hydrogens (tertiary/aromatic N) is 7. The molecule has 2 aromatic heterocycles. The van der Waals surface area contributed by atoms with Crippen molar-refractivity contribution in [3.05, 3.63) is 70.2 Å². The third kappa shape index (κ3) is 8.45. The van der Waals surface area contributed by atoms with Crippen molar-refractivity contribution >= 4 is 45.6 Å². The van der Waals surface area contributed by atoms with Gasteiger partial charge >= 0.3 is 18.1 Å². The molecule has 3 aromatic carbocycles. The number of hydrogen-bond donors (Lipinski definition) is 1. The number of carbonyl (C=O) groups is 3. The number of piperazine rings is 1. The number of fused-ring (bicyclic) bond motifs is 5. The minimum atomic E-state index is -1.04. The summed E-state index contributed by atoms with van der Waals surface area (Å²) in [6.07, 6.45) is 7.61. The number of anilines is 1. The van der Waals surface area contributed by atoms with Crippen LogP contribution in [0.1, 0.15) is 131 Å². The maximum absolute atomic E-state index is 16.8. The van der Waals surface area contributed by atoms with E-state index in [-0.39, 0.29) is 73.2 Å². The summed E-state index contributed by atoms with van der Waals surface area (Å²) in [5.41, 5.74) is 5.27. The minimum Gasteiger partial charge on any atom is -0.486 e. The number of carboxylic acids is 1. The number of amides is 2. The quantitative estimate of drug-likeness (QED) is 0.126. The smallest absolute Gasteiger partial charge is 0.410 e. The highest BCUT2D eigenvalue weighted by atomic mass is 19.1. The first-order chi connectivity index (χ1) is 33.6. The molecule has 0 spiro atoms. The Morgan fingerprint density at radius 2 is 1.76 bits per heavy atom. The second kappa shape index (κ2) is 18.0. The van der Waals surface area contributed by atoms with E-state index in [0.717, 1.165) is 71.6 Å². The highest BCUT2D eigenvalue weighted by Gasteiger charge is 2.48. The molecule has 6 aliphatic rings. The molecule has 5 fully saturated rings. The summed E-state index contributed by atoms with van der Waals surface area (Å²) in [5, 5.41) is 16.5. The lowest BCUT2D eigenvalue weighted by Gasteiger charge is -2.36. The largest absolute Gasteiger partial charge is 0.486 e. The van der Waals surface area contributed by atoms with Crippen LogP contribution in [0, 0.1) is 18.7 Å². The molecular formula is C53H62FN7O9. The zero-order valence-corrected chi connectivity index (χ0v) is 40.8. The Hall–Kier alpha value is -6.07. The number of carbonyl (C=O) groups excluding carboxylic acids is 2. The minimum absolute atomic E-state index is 0.0473. The van der Waals surface area contributed by atoms with Crippen LogP contribution in [-0.2, 0) is 32.2 Å². The van der Waals surface area contributed by atoms with Crippen LogP contribution in [0.15, 0.2) is 36.5 Å². The van der Waals surface area contributed by atoms with E-state index < -0.39 is 17.6 Å². The van der Waals surface area contributed by atoms with Crippen molar-refractivity contribution in [1.82, 2.24) is 29.5 Å². The van der Waals surface area contributed by atoms with E-state index in [2.05, 4.69) is 11.0 Å². The maximum atomic E-state index is 16.8. The summed E-state index contributed by atoms with van der Waals surface area (Å²) in [6, 6.07) is 8.31. The van der Waals surface area contributed by atoms with Crippen molar-refractivity contribution in [2.24, 2.45) is 5.92 Å². The Morgan fingerprint density at radius 1 is 0.957 bits per heavy atom. The lowest BCUT2D eigenvalue weighted by molar-refractivity contribution is -0.144. The van der Waals surface area contributed by atoms with Gasteiger partial charge < -0.3 is 43.5 Å². The van der Waals surface area contributed by atoms with Crippen molar-refractivity contribution in [3.63, 3.8) is 0 Å². The molecule has 4 saturated heterocycles. The summed E-state index contributed by atoms with van der Waals surface area (Å²) in [7, 11) is 0. The first kappa shape index (κ1) is 46.3. The molecule has 1 aliphatic carbocycles. The van der Waals surface area contributed by atoms with Crippen LogP contribution in [0.3, 0.4) is 0 Å². The number of aliphatic carboxylic acids is 1. The van der Waals surface area contributed by atoms with Gasteiger partial charge in [0.15, 0.2) is 12.0 Å². The average molecular weight is 960 g/mol. The summed E-state index contributed by atoms with van der Waals surface area (Å²) < 4.78 is 50.2. The molecule has 1 N–H and O–H groups in total. The van der Waals surface area contributed by atoms with Crippen LogP contribution in [0.5, 0.6) is 11.8 Å². The predicted molar refractivity (Wildman–Crippen MR) is 258 cm³/mol. The van der Waals surface area contributed by atoms with Gasteiger partial charge in [-0.2, -0.15) is 15.1 Å². The zero-order valence-electron chi connectivity index (χ0n) is 40.8. The normalized spacial score (nSPS) is 22.1. The van der Waals surface area contributed by atoms with Crippen molar-refractivity contribution in [2.45, 2.75) is 148 Å². The van der Waals surface area contributed by atoms with E-state index >= 15 is 4.39 Å². The highest BCUT2D eigenvalue weighted by Crippen LogP contribution is 2.54. The molecule has 70 heavy (non-hydrogen) atoms. The van der Waals surface area contributed by atoms with E-state index in [1.807, 2.05) is 48.7 Å². The third-order valence-electron chi connectivity index (χ3n) is 14.9. The van der Waals surface area contributed by atoms with Crippen LogP contribution < -0.4 is 14.4 Å². The van der Waals surface area contributed by atoms with Crippen LogP contribution in [0.4, 0.5) is 15.0 Å². The maximum Gasteiger partial charge on any atom is 0.410 e. The standard InChI is InChI=1S/C53H62FN7O9/c1-28(2)46(50(63)64)60-24-32-19-30(10-13-36(32)49(60)62)27-68-47-44(43-29(3)40(54)22-41-39(43)23-55-61(41)42-9-7-8-16-67-42)37(31-11-12-31)21-38-45(47)56-51(69-35-14-17-66-18-15-35)57-48(38)58-25-34-20-33(58)26-59(34)52(65)70-53(4,5)6/h10,13,19,21-23,28,31,33-35,42,46H,7-9,11-12,14-18,20,24-27H2,1-6H3,(H,63,64)/t33-,34-,42?,46-/m0/s1. The monoisotopic (exact) mass is 959 g/mol. The molecule has 370 valence electrons. The molecule has 11 rings (SSSR count). The Kier molecular flexibility index (Phi) is 11.9. The molecule has 4 atom stereocenters. The number of rotatable bonds is 12. The number of ether oxygens (including phenoxy) is 5. The van der Waals surface area contributed by atoms with E-state index in [1.54, 1.807) is 32.9 Å². The third-order valence-corrected chi connectivity index (χ3v) is 14.9. The van der Waals surface area contributed by atoms with Crippen LogP contribution >= 0.6 is 0 Å². The van der Waals surface area contributed by atoms with Crippen molar-refractivity contribution < 1.29 is 47.6 Å². The van der Waals surface area contributed by atoms with Gasteiger partial charge in [0.2, 0.25) is 0 Å². The van der Waals surface area contributed by atoms with Crippen molar-refractivity contribution in [3.8, 4) is 22.9 Å². The fraction of sp³-hybridized carbons (Fsp3) is 0.547. The zero-order chi connectivity index (χ0) is 48.7. The van der Waals surface area contributed by atoms with Crippen LogP contribution in [-0.4, -0.2) is 115 Å². The van der Waals surface area contributed by atoms with Gasteiger partial charge in [-0.1, -0.05) is 19.9 Å². The molecule has 7 heterocycles. The van der Waals surface area contributed by atoms with Gasteiger partial charge in [-0.15, -0.1) is 0 Å². The summed E-state index contributed by atoms with van der Waals surface area (Å²) in [6.45, 7) is 13.9. The lowest BCUT2D eigenvalue weighted by Crippen LogP contribution is -2.50. The second-order valence-corrected chi connectivity index (χ2v) is 21.4. The Labute approximate surface area is 406 Å². The lowest BCUT2D eigenvalue weighted by atomic mass is 9.88. The van der Waals surface area contributed by atoms with Crippen LogP contribution in [0.2, 0.25) is 0 Å². The van der Waals surface area contributed by atoms with Gasteiger partial charge in [0.05, 0.1) is 37.0 Å². The highest BCUT2D eigenvalue weighted by molar-refractivity contribution is 6.06. The number of benzene rings is 3. The molecule has 5 aliphatic heterocycles. The molecule has 16 nitrogen and oxygen atoms in total. The average Bonchev–Trinajstić information content (AvgIpc) is 3.59. The summed E-state index contributed by atoms with van der Waals surface area (Å²) >= 11 is 0.